The lowest BCUT2D eigenvalue weighted by Crippen LogP contribution is -2.50. The van der Waals surface area contributed by atoms with E-state index in [9.17, 15) is 5.26 Å². The minimum absolute atomic E-state index is 0.481. The SMILES string of the molecule is C[C@@H]1CN(c2nc(C3CCCCC3)c3c(c2C#N)CCOC3)CCN1C. The molecule has 1 aromatic rings. The molecule has 2 fully saturated rings. The van der Waals surface area contributed by atoms with Crippen molar-refractivity contribution in [1.82, 2.24) is 9.88 Å². The first-order valence-corrected chi connectivity index (χ1v) is 10.2. The standard InChI is InChI=1S/C21H30N4O/c1-15-13-25(10-9-24(15)2)21-18(12-22)17-8-11-26-14-19(17)20(23-21)16-6-4-3-5-7-16/h15-16H,3-11,13-14H2,1-2H3/t15-/m1/s1. The fourth-order valence-electron chi connectivity index (χ4n) is 4.76. The second kappa shape index (κ2) is 7.54. The van der Waals surface area contributed by atoms with Crippen LogP contribution in [-0.2, 0) is 17.8 Å². The Labute approximate surface area is 156 Å². The molecule has 5 nitrogen and oxygen atoms in total. The first-order valence-electron chi connectivity index (χ1n) is 10.2. The van der Waals surface area contributed by atoms with Crippen LogP contribution < -0.4 is 4.90 Å². The molecule has 26 heavy (non-hydrogen) atoms. The number of piperazine rings is 1. The molecule has 140 valence electrons. The van der Waals surface area contributed by atoms with Crippen molar-refractivity contribution in [1.29, 1.82) is 5.26 Å². The Bertz CT molecular complexity index is 705. The van der Waals surface area contributed by atoms with Gasteiger partial charge in [0.25, 0.3) is 0 Å². The van der Waals surface area contributed by atoms with E-state index in [2.05, 4.69) is 29.8 Å². The van der Waals surface area contributed by atoms with Crippen LogP contribution in [0.15, 0.2) is 0 Å². The van der Waals surface area contributed by atoms with Gasteiger partial charge in [0.05, 0.1) is 24.5 Å². The Morgan fingerprint density at radius 3 is 2.69 bits per heavy atom. The average Bonchev–Trinajstić information content (AvgIpc) is 2.69. The van der Waals surface area contributed by atoms with Gasteiger partial charge in [0.2, 0.25) is 0 Å². The fraction of sp³-hybridized carbons (Fsp3) is 0.714. The highest BCUT2D eigenvalue weighted by Crippen LogP contribution is 2.39. The largest absolute Gasteiger partial charge is 0.376 e. The maximum Gasteiger partial charge on any atom is 0.147 e. The lowest BCUT2D eigenvalue weighted by molar-refractivity contribution is 0.109. The molecule has 0 aromatic carbocycles. The molecule has 0 radical (unpaired) electrons. The molecule has 0 unspecified atom stereocenters. The number of anilines is 1. The Kier molecular flexibility index (Phi) is 5.15. The molecule has 3 aliphatic rings. The van der Waals surface area contributed by atoms with Crippen molar-refractivity contribution in [3.05, 3.63) is 22.4 Å². The van der Waals surface area contributed by atoms with Gasteiger partial charge in [0.1, 0.15) is 11.9 Å². The molecular weight excluding hydrogens is 324 g/mol. The van der Waals surface area contributed by atoms with Crippen LogP contribution in [0.5, 0.6) is 0 Å². The first-order chi connectivity index (χ1) is 12.7. The van der Waals surface area contributed by atoms with E-state index in [0.29, 0.717) is 25.2 Å². The number of hydrogen-bond donors (Lipinski definition) is 0. The highest BCUT2D eigenvalue weighted by Gasteiger charge is 2.31. The molecule has 1 saturated heterocycles. The van der Waals surface area contributed by atoms with Crippen molar-refractivity contribution < 1.29 is 4.74 Å². The van der Waals surface area contributed by atoms with Gasteiger partial charge in [-0.25, -0.2) is 4.98 Å². The van der Waals surface area contributed by atoms with E-state index in [-0.39, 0.29) is 0 Å². The summed E-state index contributed by atoms with van der Waals surface area (Å²) in [6.07, 6.45) is 7.23. The zero-order valence-corrected chi connectivity index (χ0v) is 16.1. The highest BCUT2D eigenvalue weighted by atomic mass is 16.5. The average molecular weight is 354 g/mol. The van der Waals surface area contributed by atoms with Gasteiger partial charge >= 0.3 is 0 Å². The molecule has 0 N–H and O–H groups in total. The third-order valence-electron chi connectivity index (χ3n) is 6.53. The number of nitriles is 1. The molecule has 2 aliphatic heterocycles. The van der Waals surface area contributed by atoms with Crippen LogP contribution in [0.3, 0.4) is 0 Å². The summed E-state index contributed by atoms with van der Waals surface area (Å²) in [6, 6.07) is 2.98. The van der Waals surface area contributed by atoms with Gasteiger partial charge < -0.3 is 14.5 Å². The predicted molar refractivity (Wildman–Crippen MR) is 102 cm³/mol. The molecular formula is C21H30N4O. The third-order valence-corrected chi connectivity index (χ3v) is 6.53. The predicted octanol–water partition coefficient (Wildman–Crippen LogP) is 3.21. The Balaban J connectivity index is 1.78. The van der Waals surface area contributed by atoms with Crippen molar-refractivity contribution in [2.45, 2.75) is 64.0 Å². The summed E-state index contributed by atoms with van der Waals surface area (Å²) < 4.78 is 5.77. The third kappa shape index (κ3) is 3.21. The van der Waals surface area contributed by atoms with Crippen LogP contribution in [0.25, 0.3) is 0 Å². The molecule has 4 rings (SSSR count). The number of rotatable bonds is 2. The smallest absolute Gasteiger partial charge is 0.147 e. The van der Waals surface area contributed by atoms with Gasteiger partial charge in [0, 0.05) is 37.2 Å². The number of ether oxygens (including phenoxy) is 1. The van der Waals surface area contributed by atoms with Crippen molar-refractivity contribution in [3.63, 3.8) is 0 Å². The summed E-state index contributed by atoms with van der Waals surface area (Å²) in [4.78, 5) is 9.91. The molecule has 1 saturated carbocycles. The molecule has 1 atom stereocenters. The van der Waals surface area contributed by atoms with Crippen LogP contribution in [0.2, 0.25) is 0 Å². The van der Waals surface area contributed by atoms with Gasteiger partial charge in [-0.2, -0.15) is 5.26 Å². The second-order valence-corrected chi connectivity index (χ2v) is 8.18. The molecule has 1 aromatic heterocycles. The number of pyridine rings is 1. The van der Waals surface area contributed by atoms with Crippen molar-refractivity contribution in [3.8, 4) is 6.07 Å². The van der Waals surface area contributed by atoms with E-state index in [0.717, 1.165) is 37.4 Å². The summed E-state index contributed by atoms with van der Waals surface area (Å²) in [6.45, 7) is 6.51. The van der Waals surface area contributed by atoms with Gasteiger partial charge in [-0.3, -0.25) is 0 Å². The fourth-order valence-corrected chi connectivity index (χ4v) is 4.76. The number of fused-ring (bicyclic) bond motifs is 1. The Hall–Kier alpha value is -1.64. The van der Waals surface area contributed by atoms with Crippen molar-refractivity contribution in [2.75, 3.05) is 38.2 Å². The van der Waals surface area contributed by atoms with Crippen LogP contribution in [-0.4, -0.2) is 49.2 Å². The minimum Gasteiger partial charge on any atom is -0.376 e. The molecule has 1 aliphatic carbocycles. The lowest BCUT2D eigenvalue weighted by atomic mass is 9.82. The van der Waals surface area contributed by atoms with Crippen LogP contribution in [0.4, 0.5) is 5.82 Å². The van der Waals surface area contributed by atoms with E-state index >= 15 is 0 Å². The molecule has 0 spiro atoms. The summed E-state index contributed by atoms with van der Waals surface area (Å²) in [5, 5.41) is 9.96. The van der Waals surface area contributed by atoms with E-state index in [1.165, 1.54) is 48.9 Å². The quantitative estimate of drug-likeness (QED) is 0.816. The maximum atomic E-state index is 9.96. The summed E-state index contributed by atoms with van der Waals surface area (Å²) in [7, 11) is 2.18. The van der Waals surface area contributed by atoms with Crippen LogP contribution >= 0.6 is 0 Å². The monoisotopic (exact) mass is 354 g/mol. The van der Waals surface area contributed by atoms with E-state index in [1.807, 2.05) is 0 Å². The lowest BCUT2D eigenvalue weighted by Gasteiger charge is -2.39. The zero-order valence-electron chi connectivity index (χ0n) is 16.1. The Morgan fingerprint density at radius 1 is 1.15 bits per heavy atom. The second-order valence-electron chi connectivity index (χ2n) is 8.18. The van der Waals surface area contributed by atoms with Gasteiger partial charge in [-0.1, -0.05) is 19.3 Å². The number of nitrogens with zero attached hydrogens (tertiary/aromatic N) is 4. The summed E-state index contributed by atoms with van der Waals surface area (Å²) in [5.74, 6) is 1.48. The van der Waals surface area contributed by atoms with Crippen molar-refractivity contribution >= 4 is 5.82 Å². The normalized spacial score (nSPS) is 25.0. The highest BCUT2D eigenvalue weighted by molar-refractivity contribution is 5.62. The zero-order chi connectivity index (χ0) is 18.1. The number of hydrogen-bond acceptors (Lipinski definition) is 5. The van der Waals surface area contributed by atoms with E-state index < -0.39 is 0 Å². The first kappa shape index (κ1) is 17.8. The Morgan fingerprint density at radius 2 is 1.96 bits per heavy atom. The summed E-state index contributed by atoms with van der Waals surface area (Å²) in [5.41, 5.74) is 4.49. The van der Waals surface area contributed by atoms with Gasteiger partial charge in [-0.05, 0) is 38.8 Å². The number of likely N-dealkylation sites (N-methyl/N-ethyl adjacent to an activating group) is 1. The topological polar surface area (TPSA) is 52.4 Å². The minimum atomic E-state index is 0.481. The maximum absolute atomic E-state index is 9.96. The van der Waals surface area contributed by atoms with E-state index in [1.54, 1.807) is 0 Å². The van der Waals surface area contributed by atoms with Crippen LogP contribution in [0.1, 0.15) is 67.3 Å². The van der Waals surface area contributed by atoms with Gasteiger partial charge in [-0.15, -0.1) is 0 Å². The molecule has 0 bridgehead atoms. The molecule has 5 heteroatoms. The molecule has 3 heterocycles. The molecule has 0 amide bonds. The van der Waals surface area contributed by atoms with E-state index in [4.69, 9.17) is 9.72 Å². The van der Waals surface area contributed by atoms with Gasteiger partial charge in [0.15, 0.2) is 0 Å². The number of aromatic nitrogens is 1. The van der Waals surface area contributed by atoms with Crippen molar-refractivity contribution in [2.24, 2.45) is 0 Å². The van der Waals surface area contributed by atoms with Crippen LogP contribution in [0, 0.1) is 11.3 Å². The summed E-state index contributed by atoms with van der Waals surface area (Å²) >= 11 is 0.